The van der Waals surface area contributed by atoms with Gasteiger partial charge in [0.05, 0.1) is 12.7 Å². The Morgan fingerprint density at radius 1 is 1.15 bits per heavy atom. The highest BCUT2D eigenvalue weighted by Crippen LogP contribution is 2.28. The van der Waals surface area contributed by atoms with E-state index in [9.17, 15) is 14.7 Å². The summed E-state index contributed by atoms with van der Waals surface area (Å²) in [5, 5.41) is 21.1. The maximum absolute atomic E-state index is 12.2. The van der Waals surface area contributed by atoms with Crippen LogP contribution in [0.2, 0.25) is 0 Å². The molecule has 0 aliphatic rings. The van der Waals surface area contributed by atoms with Gasteiger partial charge in [0, 0.05) is 0 Å². The molecule has 0 heterocycles. The van der Waals surface area contributed by atoms with Gasteiger partial charge in [-0.3, -0.25) is 0 Å². The van der Waals surface area contributed by atoms with Gasteiger partial charge in [0.15, 0.2) is 12.2 Å². The highest BCUT2D eigenvalue weighted by molar-refractivity contribution is 5.85. The lowest BCUT2D eigenvalue weighted by Crippen LogP contribution is -2.43. The number of hydrogen-bond acceptors (Lipinski definition) is 5. The standard InChI is InChI=1S/C21H24O6/c1-3-5-10-17(16-12-11-14-8-6-7-9-15(14)13-16)27-19(18(22)20(23)24)21(25)26-4-2/h3,5-9,11-13,17-19,22H,4,10H2,1-2H3,(H,23,24)/t17?,18-,19-/m1/s1. The Hall–Kier alpha value is -2.70. The van der Waals surface area contributed by atoms with Gasteiger partial charge in [0.1, 0.15) is 0 Å². The third-order valence-corrected chi connectivity index (χ3v) is 4.10. The summed E-state index contributed by atoms with van der Waals surface area (Å²) >= 11 is 0. The Kier molecular flexibility index (Phi) is 7.52. The zero-order valence-electron chi connectivity index (χ0n) is 15.4. The lowest BCUT2D eigenvalue weighted by atomic mass is 10.0. The van der Waals surface area contributed by atoms with Crippen LogP contribution in [0.3, 0.4) is 0 Å². The summed E-state index contributed by atoms with van der Waals surface area (Å²) < 4.78 is 10.6. The fourth-order valence-electron chi connectivity index (χ4n) is 2.73. The number of carbonyl (C=O) groups is 2. The monoisotopic (exact) mass is 372 g/mol. The van der Waals surface area contributed by atoms with Crippen LogP contribution in [0.25, 0.3) is 10.8 Å². The SMILES string of the molecule is CC=CCC(O[C@@H](C(=O)OCC)[C@@H](O)C(=O)O)c1ccc2ccccc2c1. The van der Waals surface area contributed by atoms with Crippen LogP contribution >= 0.6 is 0 Å². The normalized spacial score (nSPS) is 14.8. The first-order valence-corrected chi connectivity index (χ1v) is 8.80. The summed E-state index contributed by atoms with van der Waals surface area (Å²) in [6.07, 6.45) is -0.146. The molecule has 2 N–H and O–H groups in total. The molecular formula is C21H24O6. The summed E-state index contributed by atoms with van der Waals surface area (Å²) in [5.41, 5.74) is 0.777. The van der Waals surface area contributed by atoms with Crippen LogP contribution in [0.15, 0.2) is 54.6 Å². The molecule has 3 atom stereocenters. The number of benzene rings is 2. The molecule has 0 aromatic heterocycles. The van der Waals surface area contributed by atoms with Gasteiger partial charge in [0.25, 0.3) is 0 Å². The zero-order chi connectivity index (χ0) is 19.8. The largest absolute Gasteiger partial charge is 0.479 e. The van der Waals surface area contributed by atoms with Gasteiger partial charge in [-0.15, -0.1) is 0 Å². The Morgan fingerprint density at radius 2 is 1.85 bits per heavy atom. The summed E-state index contributed by atoms with van der Waals surface area (Å²) in [5.74, 6) is -2.45. The number of rotatable bonds is 9. The van der Waals surface area contributed by atoms with E-state index in [0.29, 0.717) is 6.42 Å². The van der Waals surface area contributed by atoms with E-state index in [1.165, 1.54) is 0 Å². The van der Waals surface area contributed by atoms with Crippen molar-refractivity contribution in [1.82, 2.24) is 0 Å². The van der Waals surface area contributed by atoms with E-state index in [0.717, 1.165) is 16.3 Å². The Labute approximate surface area is 158 Å². The van der Waals surface area contributed by atoms with Crippen molar-refractivity contribution in [2.75, 3.05) is 6.61 Å². The topological polar surface area (TPSA) is 93.1 Å². The molecule has 0 bridgehead atoms. The molecular weight excluding hydrogens is 348 g/mol. The molecule has 27 heavy (non-hydrogen) atoms. The van der Waals surface area contributed by atoms with Crippen molar-refractivity contribution in [3.8, 4) is 0 Å². The van der Waals surface area contributed by atoms with Crippen molar-refractivity contribution >= 4 is 22.7 Å². The Bertz CT molecular complexity index is 813. The highest BCUT2D eigenvalue weighted by Gasteiger charge is 2.36. The third kappa shape index (κ3) is 5.39. The molecule has 0 amide bonds. The molecule has 6 nitrogen and oxygen atoms in total. The molecule has 144 valence electrons. The number of aliphatic hydroxyl groups excluding tert-OH is 1. The number of carboxylic acids is 1. The fraction of sp³-hybridized carbons (Fsp3) is 0.333. The number of carbonyl (C=O) groups excluding carboxylic acids is 1. The number of aliphatic carboxylic acids is 1. The first kappa shape index (κ1) is 20.6. The van der Waals surface area contributed by atoms with Gasteiger partial charge >= 0.3 is 11.9 Å². The Morgan fingerprint density at radius 3 is 2.48 bits per heavy atom. The second-order valence-electron chi connectivity index (χ2n) is 5.99. The minimum absolute atomic E-state index is 0.0561. The number of hydrogen-bond donors (Lipinski definition) is 2. The number of ether oxygens (including phenoxy) is 2. The van der Waals surface area contributed by atoms with E-state index in [2.05, 4.69) is 0 Å². The van der Waals surface area contributed by atoms with Crippen LogP contribution in [-0.4, -0.2) is 41.0 Å². The van der Waals surface area contributed by atoms with Crippen molar-refractivity contribution in [2.24, 2.45) is 0 Å². The van der Waals surface area contributed by atoms with E-state index in [-0.39, 0.29) is 6.61 Å². The van der Waals surface area contributed by atoms with E-state index < -0.39 is 30.3 Å². The number of carboxylic acid groups (broad SMARTS) is 1. The minimum Gasteiger partial charge on any atom is -0.479 e. The molecule has 0 radical (unpaired) electrons. The van der Waals surface area contributed by atoms with Crippen LogP contribution in [0.4, 0.5) is 0 Å². The van der Waals surface area contributed by atoms with Crippen LogP contribution in [0, 0.1) is 0 Å². The van der Waals surface area contributed by atoms with Crippen LogP contribution in [0.5, 0.6) is 0 Å². The van der Waals surface area contributed by atoms with Gasteiger partial charge in [-0.2, -0.15) is 0 Å². The fourth-order valence-corrected chi connectivity index (χ4v) is 2.73. The van der Waals surface area contributed by atoms with Gasteiger partial charge in [-0.05, 0) is 42.7 Å². The summed E-state index contributed by atoms with van der Waals surface area (Å²) in [6.45, 7) is 3.51. The van der Waals surface area contributed by atoms with Crippen LogP contribution in [0.1, 0.15) is 31.9 Å². The quantitative estimate of drug-likeness (QED) is 0.518. The van der Waals surface area contributed by atoms with Crippen molar-refractivity contribution in [2.45, 2.75) is 38.6 Å². The summed E-state index contributed by atoms with van der Waals surface area (Å²) in [6, 6.07) is 13.5. The molecule has 0 aliphatic carbocycles. The maximum Gasteiger partial charge on any atom is 0.338 e. The van der Waals surface area contributed by atoms with Gasteiger partial charge in [-0.1, -0.05) is 48.6 Å². The average Bonchev–Trinajstić information content (AvgIpc) is 2.67. The van der Waals surface area contributed by atoms with Crippen molar-refractivity contribution in [1.29, 1.82) is 0 Å². The van der Waals surface area contributed by atoms with Crippen molar-refractivity contribution < 1.29 is 29.3 Å². The van der Waals surface area contributed by atoms with Gasteiger partial charge in [-0.25, -0.2) is 9.59 Å². The lowest BCUT2D eigenvalue weighted by Gasteiger charge is -2.25. The average molecular weight is 372 g/mol. The predicted octanol–water partition coefficient (Wildman–Crippen LogP) is 3.24. The lowest BCUT2D eigenvalue weighted by molar-refractivity contribution is -0.180. The van der Waals surface area contributed by atoms with Crippen molar-refractivity contribution in [3.05, 3.63) is 60.2 Å². The molecule has 0 saturated heterocycles. The second-order valence-corrected chi connectivity index (χ2v) is 5.99. The smallest absolute Gasteiger partial charge is 0.338 e. The molecule has 0 saturated carbocycles. The van der Waals surface area contributed by atoms with Gasteiger partial charge in [0.2, 0.25) is 0 Å². The third-order valence-electron chi connectivity index (χ3n) is 4.10. The first-order chi connectivity index (χ1) is 13.0. The molecule has 6 heteroatoms. The minimum atomic E-state index is -2.02. The van der Waals surface area contributed by atoms with Crippen LogP contribution < -0.4 is 0 Å². The molecule has 2 rings (SSSR count). The molecule has 1 unspecified atom stereocenters. The van der Waals surface area contributed by atoms with Crippen LogP contribution in [-0.2, 0) is 19.1 Å². The van der Waals surface area contributed by atoms with E-state index >= 15 is 0 Å². The molecule has 0 aliphatic heterocycles. The zero-order valence-corrected chi connectivity index (χ0v) is 15.4. The summed E-state index contributed by atoms with van der Waals surface area (Å²) in [4.78, 5) is 23.4. The predicted molar refractivity (Wildman–Crippen MR) is 101 cm³/mol. The van der Waals surface area contributed by atoms with E-state index in [1.54, 1.807) is 6.92 Å². The molecule has 0 fully saturated rings. The highest BCUT2D eigenvalue weighted by atomic mass is 16.6. The number of aliphatic hydroxyl groups is 1. The molecule has 2 aromatic carbocycles. The number of allylic oxidation sites excluding steroid dienone is 1. The van der Waals surface area contributed by atoms with E-state index in [4.69, 9.17) is 14.6 Å². The molecule has 2 aromatic rings. The Balaban J connectivity index is 2.36. The van der Waals surface area contributed by atoms with Gasteiger partial charge < -0.3 is 19.7 Å². The molecule has 0 spiro atoms. The first-order valence-electron chi connectivity index (χ1n) is 8.80. The second kappa shape index (κ2) is 9.85. The number of fused-ring (bicyclic) bond motifs is 1. The number of esters is 1. The summed E-state index contributed by atoms with van der Waals surface area (Å²) in [7, 11) is 0. The van der Waals surface area contributed by atoms with Crippen molar-refractivity contribution in [3.63, 3.8) is 0 Å². The maximum atomic E-state index is 12.2. The van der Waals surface area contributed by atoms with E-state index in [1.807, 2.05) is 61.5 Å².